The van der Waals surface area contributed by atoms with Crippen molar-refractivity contribution in [2.45, 2.75) is 31.0 Å². The number of hydrogen-bond donors (Lipinski definition) is 1. The summed E-state index contributed by atoms with van der Waals surface area (Å²) in [5.74, 6) is 0.180. The average molecular weight is 373 g/mol. The highest BCUT2D eigenvalue weighted by molar-refractivity contribution is 5.90. The van der Waals surface area contributed by atoms with Gasteiger partial charge in [0.15, 0.2) is 6.10 Å². The molecule has 144 valence electrons. The van der Waals surface area contributed by atoms with E-state index in [0.717, 1.165) is 18.4 Å². The van der Waals surface area contributed by atoms with E-state index in [1.54, 1.807) is 12.0 Å². The Morgan fingerprint density at radius 1 is 1.22 bits per heavy atom. The van der Waals surface area contributed by atoms with Crippen LogP contribution in [-0.4, -0.2) is 73.0 Å². The van der Waals surface area contributed by atoms with Crippen molar-refractivity contribution in [1.29, 1.82) is 0 Å². The SMILES string of the molecule is COc1ccc([C@@H]2[C@@H](C(=O)N3CCNC(=O)C3)OCC(=O)N2C2CC2)cc1. The van der Waals surface area contributed by atoms with Crippen molar-refractivity contribution in [2.75, 3.05) is 33.4 Å². The Hall–Kier alpha value is -2.61. The number of ether oxygens (including phenoxy) is 2. The molecule has 1 aliphatic carbocycles. The summed E-state index contributed by atoms with van der Waals surface area (Å²) in [7, 11) is 1.59. The molecule has 0 spiro atoms. The Bertz CT molecular complexity index is 746. The Morgan fingerprint density at radius 2 is 1.96 bits per heavy atom. The maximum absolute atomic E-state index is 13.2. The highest BCUT2D eigenvalue weighted by atomic mass is 16.5. The zero-order chi connectivity index (χ0) is 19.0. The normalized spacial score (nSPS) is 26.0. The molecule has 1 N–H and O–H groups in total. The third-order valence-corrected chi connectivity index (χ3v) is 5.25. The standard InChI is InChI=1S/C19H23N3O5/c1-26-14-6-2-12(3-7-14)17-18(19(25)21-9-8-20-15(23)10-21)27-11-16(24)22(17)13-4-5-13/h2-3,6-7,13,17-18H,4-5,8-11H2,1H3,(H,20,23)/t17-,18+/m1/s1. The van der Waals surface area contributed by atoms with Crippen LogP contribution in [0.5, 0.6) is 5.75 Å². The van der Waals surface area contributed by atoms with E-state index in [1.807, 2.05) is 24.3 Å². The summed E-state index contributed by atoms with van der Waals surface area (Å²) in [6, 6.07) is 7.01. The lowest BCUT2D eigenvalue weighted by atomic mass is 9.96. The first kappa shape index (κ1) is 17.8. The lowest BCUT2D eigenvalue weighted by Gasteiger charge is -2.42. The molecule has 8 nitrogen and oxygen atoms in total. The monoisotopic (exact) mass is 373 g/mol. The molecule has 0 unspecified atom stereocenters. The van der Waals surface area contributed by atoms with Crippen LogP contribution in [0.1, 0.15) is 24.4 Å². The van der Waals surface area contributed by atoms with Crippen LogP contribution in [0.4, 0.5) is 0 Å². The van der Waals surface area contributed by atoms with Crippen molar-refractivity contribution in [3.8, 4) is 5.75 Å². The number of piperazine rings is 1. The molecule has 3 aliphatic rings. The Balaban J connectivity index is 1.65. The van der Waals surface area contributed by atoms with Crippen molar-refractivity contribution in [2.24, 2.45) is 0 Å². The molecule has 2 atom stereocenters. The molecule has 3 amide bonds. The van der Waals surface area contributed by atoms with E-state index >= 15 is 0 Å². The Labute approximate surface area is 157 Å². The predicted octanol–water partition coefficient (Wildman–Crippen LogP) is 0.0845. The number of morpholine rings is 1. The van der Waals surface area contributed by atoms with E-state index in [4.69, 9.17) is 9.47 Å². The summed E-state index contributed by atoms with van der Waals surface area (Å²) in [6.07, 6.45) is 1.05. The molecule has 0 bridgehead atoms. The topological polar surface area (TPSA) is 88.2 Å². The van der Waals surface area contributed by atoms with Crippen LogP contribution in [0.2, 0.25) is 0 Å². The average Bonchev–Trinajstić information content (AvgIpc) is 3.52. The Kier molecular flexibility index (Phi) is 4.73. The van der Waals surface area contributed by atoms with Gasteiger partial charge in [-0.3, -0.25) is 14.4 Å². The molecule has 8 heteroatoms. The molecule has 1 saturated carbocycles. The molecule has 0 aromatic heterocycles. The van der Waals surface area contributed by atoms with Gasteiger partial charge in [0.05, 0.1) is 19.7 Å². The summed E-state index contributed by atoms with van der Waals surface area (Å²) in [6.45, 7) is 0.776. The van der Waals surface area contributed by atoms with Crippen LogP contribution < -0.4 is 10.1 Å². The second kappa shape index (κ2) is 7.19. The summed E-state index contributed by atoms with van der Waals surface area (Å²) < 4.78 is 10.9. The third-order valence-electron chi connectivity index (χ3n) is 5.25. The molecule has 2 aliphatic heterocycles. The van der Waals surface area contributed by atoms with Crippen molar-refractivity contribution >= 4 is 17.7 Å². The van der Waals surface area contributed by atoms with Crippen LogP contribution in [0.3, 0.4) is 0 Å². The number of amides is 3. The molecule has 27 heavy (non-hydrogen) atoms. The smallest absolute Gasteiger partial charge is 0.254 e. The first-order valence-electron chi connectivity index (χ1n) is 9.20. The number of carbonyl (C=O) groups excluding carboxylic acids is 3. The molecule has 2 heterocycles. The maximum Gasteiger partial charge on any atom is 0.254 e. The van der Waals surface area contributed by atoms with Crippen molar-refractivity contribution in [3.05, 3.63) is 29.8 Å². The van der Waals surface area contributed by atoms with E-state index in [0.29, 0.717) is 18.8 Å². The summed E-state index contributed by atoms with van der Waals surface area (Å²) in [5, 5.41) is 2.72. The first-order valence-corrected chi connectivity index (χ1v) is 9.20. The second-order valence-electron chi connectivity index (χ2n) is 7.09. The van der Waals surface area contributed by atoms with E-state index in [-0.39, 0.29) is 36.9 Å². The van der Waals surface area contributed by atoms with Gasteiger partial charge < -0.3 is 24.6 Å². The second-order valence-corrected chi connectivity index (χ2v) is 7.09. The number of rotatable bonds is 4. The predicted molar refractivity (Wildman–Crippen MR) is 94.9 cm³/mol. The van der Waals surface area contributed by atoms with Gasteiger partial charge in [-0.2, -0.15) is 0 Å². The zero-order valence-electron chi connectivity index (χ0n) is 15.2. The number of nitrogens with zero attached hydrogens (tertiary/aromatic N) is 2. The van der Waals surface area contributed by atoms with Gasteiger partial charge in [-0.1, -0.05) is 12.1 Å². The van der Waals surface area contributed by atoms with Gasteiger partial charge in [0.1, 0.15) is 12.4 Å². The number of methoxy groups -OCH3 is 1. The quantitative estimate of drug-likeness (QED) is 0.808. The van der Waals surface area contributed by atoms with E-state index in [1.165, 1.54) is 4.90 Å². The van der Waals surface area contributed by atoms with Crippen LogP contribution >= 0.6 is 0 Å². The third kappa shape index (κ3) is 3.49. The van der Waals surface area contributed by atoms with Gasteiger partial charge in [-0.15, -0.1) is 0 Å². The zero-order valence-corrected chi connectivity index (χ0v) is 15.2. The minimum absolute atomic E-state index is 0.0192. The highest BCUT2D eigenvalue weighted by Crippen LogP contribution is 2.40. The molecular formula is C19H23N3O5. The largest absolute Gasteiger partial charge is 0.497 e. The van der Waals surface area contributed by atoms with Crippen LogP contribution in [0.15, 0.2) is 24.3 Å². The van der Waals surface area contributed by atoms with E-state index < -0.39 is 12.1 Å². The van der Waals surface area contributed by atoms with E-state index in [2.05, 4.69) is 5.32 Å². The molecule has 2 saturated heterocycles. The van der Waals surface area contributed by atoms with Crippen molar-refractivity contribution < 1.29 is 23.9 Å². The first-order chi connectivity index (χ1) is 13.1. The fourth-order valence-corrected chi connectivity index (χ4v) is 3.76. The van der Waals surface area contributed by atoms with Crippen LogP contribution in [0, 0.1) is 0 Å². The number of benzene rings is 1. The highest BCUT2D eigenvalue weighted by Gasteiger charge is 2.48. The van der Waals surface area contributed by atoms with E-state index in [9.17, 15) is 14.4 Å². The fraction of sp³-hybridized carbons (Fsp3) is 0.526. The summed E-state index contributed by atoms with van der Waals surface area (Å²) in [5.41, 5.74) is 0.829. The van der Waals surface area contributed by atoms with Crippen molar-refractivity contribution in [3.63, 3.8) is 0 Å². The molecule has 0 radical (unpaired) electrons. The van der Waals surface area contributed by atoms with Gasteiger partial charge in [-0.05, 0) is 30.5 Å². The van der Waals surface area contributed by atoms with Gasteiger partial charge in [-0.25, -0.2) is 0 Å². The molecule has 4 rings (SSSR count). The number of carbonyl (C=O) groups is 3. The molecule has 3 fully saturated rings. The lowest BCUT2D eigenvalue weighted by molar-refractivity contribution is -0.171. The number of hydrogen-bond acceptors (Lipinski definition) is 5. The van der Waals surface area contributed by atoms with Crippen molar-refractivity contribution in [1.82, 2.24) is 15.1 Å². The van der Waals surface area contributed by atoms with Gasteiger partial charge in [0.25, 0.3) is 5.91 Å². The number of nitrogens with one attached hydrogen (secondary N) is 1. The Morgan fingerprint density at radius 3 is 2.59 bits per heavy atom. The van der Waals surface area contributed by atoms with Gasteiger partial charge >= 0.3 is 0 Å². The van der Waals surface area contributed by atoms with Crippen LogP contribution in [-0.2, 0) is 19.1 Å². The minimum atomic E-state index is -0.817. The molecule has 1 aromatic rings. The molecule has 1 aromatic carbocycles. The summed E-state index contributed by atoms with van der Waals surface area (Å²) >= 11 is 0. The maximum atomic E-state index is 13.2. The summed E-state index contributed by atoms with van der Waals surface area (Å²) in [4.78, 5) is 40.7. The minimum Gasteiger partial charge on any atom is -0.497 e. The van der Waals surface area contributed by atoms with Gasteiger partial charge in [0.2, 0.25) is 11.8 Å². The lowest BCUT2D eigenvalue weighted by Crippen LogP contribution is -2.59. The van der Waals surface area contributed by atoms with Crippen LogP contribution in [0.25, 0.3) is 0 Å². The van der Waals surface area contributed by atoms with Gasteiger partial charge in [0, 0.05) is 19.1 Å². The molecular weight excluding hydrogens is 350 g/mol. The fourth-order valence-electron chi connectivity index (χ4n) is 3.76.